The van der Waals surface area contributed by atoms with Gasteiger partial charge in [-0.1, -0.05) is 32.0 Å². The number of anilines is 2. The van der Waals surface area contributed by atoms with E-state index in [2.05, 4.69) is 10.3 Å². The molecule has 0 aliphatic heterocycles. The minimum absolute atomic E-state index is 0.169. The zero-order valence-electron chi connectivity index (χ0n) is 14.4. The summed E-state index contributed by atoms with van der Waals surface area (Å²) in [4.78, 5) is 16.1. The highest BCUT2D eigenvalue weighted by Crippen LogP contribution is 2.24. The number of ether oxygens (including phenoxy) is 1. The van der Waals surface area contributed by atoms with Crippen LogP contribution in [0.1, 0.15) is 13.8 Å². The highest BCUT2D eigenvalue weighted by Gasteiger charge is 2.07. The second-order valence-corrected chi connectivity index (χ2v) is 5.92. The first-order valence-electron chi connectivity index (χ1n) is 8.26. The molecule has 4 rings (SSSR count). The van der Waals surface area contributed by atoms with Crippen molar-refractivity contribution in [3.8, 4) is 11.5 Å². The van der Waals surface area contributed by atoms with Crippen LogP contribution in [0.3, 0.4) is 0 Å². The Kier molecular flexibility index (Phi) is 5.66. The van der Waals surface area contributed by atoms with E-state index in [1.165, 1.54) is 11.3 Å². The molecule has 0 aliphatic rings. The number of nitrogens with zero attached hydrogens (tertiary/aromatic N) is 1. The summed E-state index contributed by atoms with van der Waals surface area (Å²) in [6.07, 6.45) is 0. The lowest BCUT2D eigenvalue weighted by atomic mass is 10.3. The van der Waals surface area contributed by atoms with Crippen molar-refractivity contribution in [2.24, 2.45) is 0 Å². The van der Waals surface area contributed by atoms with E-state index in [1.54, 1.807) is 6.07 Å². The van der Waals surface area contributed by atoms with E-state index in [-0.39, 0.29) is 11.6 Å². The molecule has 0 spiro atoms. The lowest BCUT2D eigenvalue weighted by Gasteiger charge is -2.07. The highest BCUT2D eigenvalue weighted by molar-refractivity contribution is 7.17. The van der Waals surface area contributed by atoms with Crippen LogP contribution in [0.15, 0.2) is 75.3 Å². The Labute approximate surface area is 154 Å². The summed E-state index contributed by atoms with van der Waals surface area (Å²) < 4.78 is 11.4. The smallest absolute Gasteiger partial charge is 0.358 e. The summed E-state index contributed by atoms with van der Waals surface area (Å²) in [7, 11) is 0. The third-order valence-electron chi connectivity index (χ3n) is 3.33. The molecule has 2 heterocycles. The summed E-state index contributed by atoms with van der Waals surface area (Å²) in [5.41, 5.74) is 0.991. The third kappa shape index (κ3) is 4.10. The monoisotopic (exact) mass is 366 g/mol. The Hall–Kier alpha value is -3.12. The van der Waals surface area contributed by atoms with E-state index in [9.17, 15) is 4.79 Å². The number of hydrogen-bond donors (Lipinski definition) is 1. The van der Waals surface area contributed by atoms with Crippen LogP contribution in [0.25, 0.3) is 10.2 Å². The maximum Gasteiger partial charge on any atom is 0.358 e. The maximum absolute atomic E-state index is 11.9. The number of rotatable bonds is 4. The van der Waals surface area contributed by atoms with E-state index in [0.29, 0.717) is 10.2 Å². The number of thiophene rings is 1. The molecule has 26 heavy (non-hydrogen) atoms. The minimum atomic E-state index is -0.387. The number of benzene rings is 2. The number of fused-ring (bicyclic) bond motifs is 1. The van der Waals surface area contributed by atoms with Gasteiger partial charge in [0.1, 0.15) is 16.2 Å². The van der Waals surface area contributed by atoms with Crippen molar-refractivity contribution < 1.29 is 9.15 Å². The molecule has 2 aromatic carbocycles. The van der Waals surface area contributed by atoms with E-state index >= 15 is 0 Å². The Morgan fingerprint density at radius 2 is 1.65 bits per heavy atom. The molecule has 0 bridgehead atoms. The minimum Gasteiger partial charge on any atom is -0.457 e. The van der Waals surface area contributed by atoms with Gasteiger partial charge in [0.15, 0.2) is 0 Å². The van der Waals surface area contributed by atoms with Crippen LogP contribution < -0.4 is 15.7 Å². The second-order valence-electron chi connectivity index (χ2n) is 5.01. The first kappa shape index (κ1) is 17.7. The molecule has 0 saturated heterocycles. The van der Waals surface area contributed by atoms with Gasteiger partial charge in [-0.3, -0.25) is 0 Å². The van der Waals surface area contributed by atoms with Gasteiger partial charge in [0.05, 0.1) is 5.52 Å². The van der Waals surface area contributed by atoms with E-state index in [0.717, 1.165) is 17.2 Å². The molecule has 0 saturated carbocycles. The van der Waals surface area contributed by atoms with Crippen molar-refractivity contribution in [1.29, 1.82) is 0 Å². The van der Waals surface area contributed by atoms with Crippen LogP contribution in [-0.2, 0) is 0 Å². The normalized spacial score (nSPS) is 10.1. The van der Waals surface area contributed by atoms with E-state index < -0.39 is 0 Å². The van der Waals surface area contributed by atoms with Gasteiger partial charge in [0.25, 0.3) is 0 Å². The molecule has 0 unspecified atom stereocenters. The van der Waals surface area contributed by atoms with Crippen molar-refractivity contribution in [1.82, 2.24) is 4.98 Å². The summed E-state index contributed by atoms with van der Waals surface area (Å²) in [6.45, 7) is 4.00. The molecular formula is C20H18N2O3S. The van der Waals surface area contributed by atoms with Gasteiger partial charge in [-0.15, -0.1) is 11.3 Å². The molecule has 2 aromatic heterocycles. The fourth-order valence-corrected chi connectivity index (χ4v) is 2.92. The van der Waals surface area contributed by atoms with Gasteiger partial charge in [0, 0.05) is 5.69 Å². The Balaban J connectivity index is 0.000000948. The average Bonchev–Trinajstić information content (AvgIpc) is 3.15. The lowest BCUT2D eigenvalue weighted by Crippen LogP contribution is -2.03. The van der Waals surface area contributed by atoms with Crippen molar-refractivity contribution in [2.75, 3.05) is 5.32 Å². The summed E-state index contributed by atoms with van der Waals surface area (Å²) in [5.74, 6) is 1.49. The van der Waals surface area contributed by atoms with E-state index in [4.69, 9.17) is 9.15 Å². The first-order valence-corrected chi connectivity index (χ1v) is 9.14. The lowest BCUT2D eigenvalue weighted by molar-refractivity contribution is 0.482. The van der Waals surface area contributed by atoms with Gasteiger partial charge in [-0.2, -0.15) is 4.98 Å². The van der Waals surface area contributed by atoms with Crippen molar-refractivity contribution in [2.45, 2.75) is 13.8 Å². The van der Waals surface area contributed by atoms with Crippen LogP contribution in [0, 0.1) is 0 Å². The van der Waals surface area contributed by atoms with Gasteiger partial charge in [-0.05, 0) is 47.8 Å². The zero-order chi connectivity index (χ0) is 18.4. The number of aromatic nitrogens is 1. The highest BCUT2D eigenvalue weighted by atomic mass is 32.1. The molecule has 4 aromatic rings. The second kappa shape index (κ2) is 8.31. The Bertz CT molecular complexity index is 1020. The molecule has 0 fully saturated rings. The quantitative estimate of drug-likeness (QED) is 0.493. The fourth-order valence-electron chi connectivity index (χ4n) is 2.22. The van der Waals surface area contributed by atoms with Gasteiger partial charge >= 0.3 is 11.6 Å². The topological polar surface area (TPSA) is 64.4 Å². The molecule has 1 N–H and O–H groups in total. The zero-order valence-corrected chi connectivity index (χ0v) is 15.2. The van der Waals surface area contributed by atoms with Crippen LogP contribution >= 0.6 is 11.3 Å². The van der Waals surface area contributed by atoms with Crippen molar-refractivity contribution in [3.63, 3.8) is 0 Å². The van der Waals surface area contributed by atoms with Crippen molar-refractivity contribution in [3.05, 3.63) is 76.5 Å². The van der Waals surface area contributed by atoms with Gasteiger partial charge < -0.3 is 14.5 Å². The fraction of sp³-hybridized carbons (Fsp3) is 0.100. The predicted octanol–water partition coefficient (Wildman–Crippen LogP) is 5.81. The number of para-hydroxylation sites is 1. The molecule has 0 aliphatic carbocycles. The van der Waals surface area contributed by atoms with Gasteiger partial charge in [0.2, 0.25) is 0 Å². The molecule has 6 heteroatoms. The summed E-state index contributed by atoms with van der Waals surface area (Å²) >= 11 is 1.32. The molecule has 132 valence electrons. The summed E-state index contributed by atoms with van der Waals surface area (Å²) in [6, 6.07) is 18.8. The Morgan fingerprint density at radius 3 is 2.38 bits per heavy atom. The molecule has 5 nitrogen and oxygen atoms in total. The maximum atomic E-state index is 11.9. The molecule has 0 radical (unpaired) electrons. The molecule has 0 atom stereocenters. The third-order valence-corrected chi connectivity index (χ3v) is 4.21. The van der Waals surface area contributed by atoms with Crippen LogP contribution in [-0.4, -0.2) is 4.98 Å². The van der Waals surface area contributed by atoms with Gasteiger partial charge in [-0.25, -0.2) is 4.79 Å². The van der Waals surface area contributed by atoms with Crippen LogP contribution in [0.5, 0.6) is 11.5 Å². The van der Waals surface area contributed by atoms with E-state index in [1.807, 2.05) is 73.8 Å². The molecular weight excluding hydrogens is 348 g/mol. The predicted molar refractivity (Wildman–Crippen MR) is 106 cm³/mol. The van der Waals surface area contributed by atoms with Crippen LogP contribution in [0.2, 0.25) is 0 Å². The largest absolute Gasteiger partial charge is 0.457 e. The Morgan fingerprint density at radius 1 is 0.962 bits per heavy atom. The number of hydrogen-bond acceptors (Lipinski definition) is 6. The average molecular weight is 366 g/mol. The van der Waals surface area contributed by atoms with Crippen molar-refractivity contribution >= 4 is 33.3 Å². The SMILES string of the molecule is CC.O=c1oc(Nc2ccc(Oc3ccccc3)cc2)nc2ccsc12. The standard InChI is InChI=1S/C18H12N2O3S.C2H6/c21-17-16-15(10-11-24-16)20-18(23-17)19-12-6-8-14(9-7-12)22-13-4-2-1-3-5-13;1-2/h1-11H,(H,19,20);1-2H3. The molecule has 0 amide bonds. The first-order chi connectivity index (χ1) is 12.8. The number of nitrogens with one attached hydrogen (secondary N) is 1. The summed E-state index contributed by atoms with van der Waals surface area (Å²) in [5, 5.41) is 4.80. The van der Waals surface area contributed by atoms with Crippen LogP contribution in [0.4, 0.5) is 11.7 Å².